The highest BCUT2D eigenvalue weighted by Gasteiger charge is 2.71. The maximum atomic E-state index is 12.1. The summed E-state index contributed by atoms with van der Waals surface area (Å²) in [6, 6.07) is 7.26. The Morgan fingerprint density at radius 3 is 0.789 bits per heavy atom. The van der Waals surface area contributed by atoms with E-state index in [1.807, 2.05) is 12.1 Å². The zero-order valence-corrected chi connectivity index (χ0v) is 39.0. The molecular weight excluding hydrogens is 925 g/mol. The number of nitrogens with one attached hydrogen (secondary N) is 1. The van der Waals surface area contributed by atoms with Crippen LogP contribution in [0.4, 0.5) is 5.69 Å². The number of rotatable bonds is 4. The van der Waals surface area contributed by atoms with Gasteiger partial charge < -0.3 is 16.2 Å². The Balaban J connectivity index is 1.00. The fourth-order valence-corrected chi connectivity index (χ4v) is 26.6. The van der Waals surface area contributed by atoms with E-state index >= 15 is 0 Å². The number of carbonyl (C=O) groups is 1. The summed E-state index contributed by atoms with van der Waals surface area (Å²) < 4.78 is 0. The zero-order chi connectivity index (χ0) is 46.0. The molecule has 0 amide bonds. The molecular formula is C72H16N2O2. The Kier molecular flexibility index (Phi) is 2.72. The Labute approximate surface area is 415 Å². The molecule has 2 unspecified atom stereocenters. The molecule has 4 nitrogen and oxygen atoms in total. The van der Waals surface area contributed by atoms with Gasteiger partial charge in [-0.2, -0.15) is 0 Å². The molecule has 2 atom stereocenters. The second-order valence-corrected chi connectivity index (χ2v) is 27.6. The minimum Gasteiger partial charge on any atom is -0.480 e. The van der Waals surface area contributed by atoms with Crippen molar-refractivity contribution in [2.45, 2.75) is 42.2 Å². The van der Waals surface area contributed by atoms with Crippen LogP contribution in [0.3, 0.4) is 0 Å². The molecule has 0 aliphatic heterocycles. The van der Waals surface area contributed by atoms with E-state index in [1.54, 1.807) is 313 Å². The van der Waals surface area contributed by atoms with E-state index in [-0.39, 0.29) is 16.9 Å². The van der Waals surface area contributed by atoms with E-state index in [9.17, 15) is 9.90 Å². The predicted molar refractivity (Wildman–Crippen MR) is 316 cm³/mol. The summed E-state index contributed by atoms with van der Waals surface area (Å²) in [6.45, 7) is 0. The van der Waals surface area contributed by atoms with Crippen LogP contribution in [-0.2, 0) is 15.6 Å². The molecule has 1 fully saturated rings. The highest BCUT2D eigenvalue weighted by Crippen LogP contribution is 2.86. The van der Waals surface area contributed by atoms with Crippen molar-refractivity contribution < 1.29 is 9.90 Å². The zero-order valence-electron chi connectivity index (χ0n) is 39.0. The number of aliphatic carboxylic acids is 1. The van der Waals surface area contributed by atoms with Crippen molar-refractivity contribution in [3.8, 4) is 0 Å². The first kappa shape index (κ1) is 29.7. The Morgan fingerprint density at radius 1 is 0.355 bits per heavy atom. The number of benzene rings is 19. The number of carboxylic acids is 1. The average molecular weight is 941 g/mol. The maximum absolute atomic E-state index is 12.1. The van der Waals surface area contributed by atoms with Gasteiger partial charge in [-0.1, -0.05) is 12.1 Å². The second-order valence-electron chi connectivity index (χ2n) is 27.6. The summed E-state index contributed by atoms with van der Waals surface area (Å²) >= 11 is 0. The standard InChI is InChI=1S/C72H16N2O2/c73-69(70(75)76)8-1-3-9(4-2-8)74-10-5-6-71-65-57-49-39-29-21-13-11-12-15-19-17(13)25-33-27(19)37-31-23(15)24-16(12)20-18-14(11)22(21)30-36-26(18)34-28(20)38-32(24)42-41(31)51-45(37)55-47(33)53(43(49)35(25)29)59(65)61(55)67-63(51)64-52(42)46(38)56-48(34)54-44(36)50(40(30)39)58(57)66(71)60(54)62(56)68(64)72(67,71)7-10/h1-4,10,69,74H,5-7,73H2,(H,75,76). The quantitative estimate of drug-likeness (QED) is 0.154. The van der Waals surface area contributed by atoms with Crippen molar-refractivity contribution in [2.75, 3.05) is 5.32 Å². The van der Waals surface area contributed by atoms with Crippen LogP contribution < -0.4 is 11.1 Å². The Hall–Kier alpha value is -9.09. The minimum atomic E-state index is -1.04. The number of carboxylic acid groups (broad SMARTS) is 1. The van der Waals surface area contributed by atoms with Crippen molar-refractivity contribution in [3.63, 3.8) is 0 Å². The lowest BCUT2D eigenvalue weighted by Crippen LogP contribution is -2.57. The highest BCUT2D eigenvalue weighted by atomic mass is 16.4. The van der Waals surface area contributed by atoms with Gasteiger partial charge in [-0.05, 0) is 350 Å². The van der Waals surface area contributed by atoms with Crippen LogP contribution in [0.15, 0.2) is 24.3 Å². The molecule has 326 valence electrons. The van der Waals surface area contributed by atoms with Gasteiger partial charge in [-0.25, -0.2) is 0 Å². The topological polar surface area (TPSA) is 75.4 Å². The van der Waals surface area contributed by atoms with Crippen LogP contribution in [0.1, 0.15) is 53.1 Å². The molecule has 0 aromatic heterocycles. The summed E-state index contributed by atoms with van der Waals surface area (Å²) in [5.74, 6) is -0.993. The third-order valence-corrected chi connectivity index (χ3v) is 27.0. The van der Waals surface area contributed by atoms with E-state index in [4.69, 9.17) is 5.73 Å². The maximum Gasteiger partial charge on any atom is 0.325 e. The monoisotopic (exact) mass is 940 g/mol. The van der Waals surface area contributed by atoms with Crippen LogP contribution >= 0.6 is 0 Å². The van der Waals surface area contributed by atoms with Gasteiger partial charge in [0.1, 0.15) is 6.04 Å². The van der Waals surface area contributed by atoms with Gasteiger partial charge in [0.25, 0.3) is 0 Å². The molecule has 34 rings (SSSR count). The van der Waals surface area contributed by atoms with Crippen LogP contribution in [0.25, 0.3) is 291 Å². The van der Waals surface area contributed by atoms with Gasteiger partial charge >= 0.3 is 5.97 Å². The van der Waals surface area contributed by atoms with Crippen molar-refractivity contribution >= 4 is 303 Å². The van der Waals surface area contributed by atoms with Crippen LogP contribution in [0.2, 0.25) is 0 Å². The molecule has 4 N–H and O–H groups in total. The Morgan fingerprint density at radius 2 is 0.566 bits per heavy atom. The van der Waals surface area contributed by atoms with Gasteiger partial charge in [0, 0.05) is 22.6 Å². The first-order valence-electron chi connectivity index (χ1n) is 28.2. The number of hydrogen-bond donors (Lipinski definition) is 3. The third kappa shape index (κ3) is 1.68. The lowest BCUT2D eigenvalue weighted by Gasteiger charge is -2.59. The molecule has 4 heteroatoms. The highest BCUT2D eigenvalue weighted by molar-refractivity contribution is 6.82. The number of hydrogen-bond acceptors (Lipinski definition) is 3. The molecule has 1 saturated carbocycles. The molecule has 29 aromatic rings. The lowest BCUT2D eigenvalue weighted by atomic mass is 9.43. The van der Waals surface area contributed by atoms with E-state index in [0.717, 1.165) is 24.9 Å². The summed E-state index contributed by atoms with van der Waals surface area (Å²) in [5, 5.41) is 103. The molecule has 29 aromatic carbocycles. The fourth-order valence-electron chi connectivity index (χ4n) is 26.6. The summed E-state index contributed by atoms with van der Waals surface area (Å²) in [6.07, 6.45) is 3.19. The summed E-state index contributed by atoms with van der Waals surface area (Å²) in [7, 11) is 0. The van der Waals surface area contributed by atoms with Crippen molar-refractivity contribution in [1.29, 1.82) is 0 Å². The van der Waals surface area contributed by atoms with Crippen molar-refractivity contribution in [3.05, 3.63) is 52.1 Å². The van der Waals surface area contributed by atoms with Gasteiger partial charge in [-0.3, -0.25) is 4.79 Å². The molecule has 0 radical (unpaired) electrons. The normalized spacial score (nSPS) is 23.2. The first-order chi connectivity index (χ1) is 37.6. The Bertz CT molecular complexity index is 7430. The van der Waals surface area contributed by atoms with Crippen molar-refractivity contribution in [1.82, 2.24) is 0 Å². The van der Waals surface area contributed by atoms with E-state index in [0.29, 0.717) is 5.56 Å². The number of anilines is 1. The first-order valence-corrected chi connectivity index (χ1v) is 28.2. The van der Waals surface area contributed by atoms with Gasteiger partial charge in [0.2, 0.25) is 0 Å². The molecule has 2 spiro atoms. The molecule has 76 heavy (non-hydrogen) atoms. The summed E-state index contributed by atoms with van der Waals surface area (Å²) in [5.41, 5.74) is 14.4. The van der Waals surface area contributed by atoms with E-state index in [1.165, 1.54) is 0 Å². The molecule has 0 bridgehead atoms. The van der Waals surface area contributed by atoms with E-state index < -0.39 is 12.0 Å². The van der Waals surface area contributed by atoms with Crippen LogP contribution in [0, 0.1) is 0 Å². The molecule has 0 saturated heterocycles. The number of nitrogens with two attached hydrogens (primary N) is 1. The summed E-state index contributed by atoms with van der Waals surface area (Å²) in [4.78, 5) is 12.1. The molecule has 5 aliphatic rings. The molecule has 5 aliphatic carbocycles. The largest absolute Gasteiger partial charge is 0.480 e. The minimum absolute atomic E-state index is 0.203. The predicted octanol–water partition coefficient (Wildman–Crippen LogP) is 18.0. The SMILES string of the molecule is NC(C(=O)O)c1ccc(NC2CCC34c5c6c7c8c9c%10c(c%11c%12c3c3c5c5c%13c6c6c7c7c9c9c%14c%10c%10c%11c%11c%12c%12c3c3c5c5c%13c%13c6c6c7c9c7c9c%14c%10c%10c%11c%11c%12c3c3c5c5c%13c6c7c6c9c%10c%11c3c56)C84C2)cc1. The van der Waals surface area contributed by atoms with Crippen LogP contribution in [0.5, 0.6) is 0 Å². The fraction of sp³-hybridized carbons (Fsp3) is 0.0972. The lowest BCUT2D eigenvalue weighted by molar-refractivity contribution is -0.138. The third-order valence-electron chi connectivity index (χ3n) is 27.0. The van der Waals surface area contributed by atoms with Crippen molar-refractivity contribution in [2.24, 2.45) is 5.73 Å². The average Bonchev–Trinajstić information content (AvgIpc) is 3.86. The van der Waals surface area contributed by atoms with Gasteiger partial charge in [0.15, 0.2) is 0 Å². The second kappa shape index (κ2) is 6.95. The van der Waals surface area contributed by atoms with E-state index in [2.05, 4.69) is 17.4 Å². The van der Waals surface area contributed by atoms with Gasteiger partial charge in [0.05, 0.1) is 0 Å². The van der Waals surface area contributed by atoms with Crippen LogP contribution in [-0.4, -0.2) is 17.1 Å². The smallest absolute Gasteiger partial charge is 0.325 e. The molecule has 0 heterocycles. The van der Waals surface area contributed by atoms with Gasteiger partial charge in [-0.15, -0.1) is 0 Å².